The van der Waals surface area contributed by atoms with Crippen LogP contribution in [-0.2, 0) is 4.74 Å². The molecular weight excluding hydrogens is 192 g/mol. The molecule has 0 aliphatic rings. The minimum atomic E-state index is -1.29. The van der Waals surface area contributed by atoms with E-state index in [9.17, 15) is 13.7 Å². The SMILES string of the molecule is [CH2]COC(=O)N(F)c1ccccc1F. The third-order valence-electron chi connectivity index (χ3n) is 1.45. The van der Waals surface area contributed by atoms with E-state index in [2.05, 4.69) is 11.7 Å². The van der Waals surface area contributed by atoms with Crippen LogP contribution in [0.1, 0.15) is 0 Å². The van der Waals surface area contributed by atoms with Crippen molar-refractivity contribution in [1.29, 1.82) is 0 Å². The van der Waals surface area contributed by atoms with Crippen molar-refractivity contribution < 1.29 is 18.4 Å². The first kappa shape index (κ1) is 10.4. The molecule has 0 fully saturated rings. The van der Waals surface area contributed by atoms with Crippen molar-refractivity contribution >= 4 is 11.8 Å². The summed E-state index contributed by atoms with van der Waals surface area (Å²) in [5, 5.41) is -0.402. The first-order chi connectivity index (χ1) is 6.66. The van der Waals surface area contributed by atoms with Crippen LogP contribution >= 0.6 is 0 Å². The van der Waals surface area contributed by atoms with Crippen LogP contribution in [0.4, 0.5) is 19.4 Å². The number of anilines is 1. The zero-order valence-electron chi connectivity index (χ0n) is 7.24. The standard InChI is InChI=1S/C9H8F2NO2/c1-2-14-9(13)12(11)8-6-4-3-5-7(8)10/h3-6H,1-2H2. The molecule has 5 heteroatoms. The summed E-state index contributed by atoms with van der Waals surface area (Å²) in [4.78, 5) is 10.8. The molecule has 0 unspecified atom stereocenters. The molecule has 75 valence electrons. The number of carbonyl (C=O) groups is 1. The number of hydrogen-bond donors (Lipinski definition) is 0. The van der Waals surface area contributed by atoms with Crippen molar-refractivity contribution in [2.45, 2.75) is 0 Å². The van der Waals surface area contributed by atoms with E-state index >= 15 is 0 Å². The Kier molecular flexibility index (Phi) is 3.39. The van der Waals surface area contributed by atoms with Crippen LogP contribution in [0.25, 0.3) is 0 Å². The highest BCUT2D eigenvalue weighted by Crippen LogP contribution is 2.19. The fourth-order valence-electron chi connectivity index (χ4n) is 0.853. The van der Waals surface area contributed by atoms with Gasteiger partial charge < -0.3 is 4.74 Å². The molecule has 14 heavy (non-hydrogen) atoms. The number of halogens is 2. The quantitative estimate of drug-likeness (QED) is 0.686. The number of amides is 1. The minimum absolute atomic E-state index is 0.215. The van der Waals surface area contributed by atoms with Gasteiger partial charge in [0, 0.05) is 0 Å². The molecule has 0 aliphatic carbocycles. The van der Waals surface area contributed by atoms with Crippen LogP contribution in [0.2, 0.25) is 0 Å². The van der Waals surface area contributed by atoms with Crippen LogP contribution in [0, 0.1) is 12.7 Å². The first-order valence-corrected chi connectivity index (χ1v) is 3.83. The molecule has 0 bridgehead atoms. The Morgan fingerprint density at radius 2 is 2.14 bits per heavy atom. The van der Waals surface area contributed by atoms with Crippen molar-refractivity contribution in [1.82, 2.24) is 0 Å². The Morgan fingerprint density at radius 1 is 1.50 bits per heavy atom. The third kappa shape index (κ3) is 2.18. The number of carbonyl (C=O) groups excluding carboxylic acids is 1. The fraction of sp³-hybridized carbons (Fsp3) is 0.111. The highest BCUT2D eigenvalue weighted by molar-refractivity contribution is 5.85. The van der Waals surface area contributed by atoms with E-state index in [1.165, 1.54) is 12.1 Å². The van der Waals surface area contributed by atoms with Crippen molar-refractivity contribution in [2.24, 2.45) is 0 Å². The van der Waals surface area contributed by atoms with Gasteiger partial charge in [0.15, 0.2) is 0 Å². The summed E-state index contributed by atoms with van der Waals surface area (Å²) in [7, 11) is 0. The zero-order chi connectivity index (χ0) is 10.6. The molecule has 0 aromatic heterocycles. The van der Waals surface area contributed by atoms with E-state index in [-0.39, 0.29) is 6.61 Å². The summed E-state index contributed by atoms with van der Waals surface area (Å²) in [6.07, 6.45) is -1.29. The Labute approximate surface area is 79.8 Å². The maximum atomic E-state index is 13.1. The Bertz CT molecular complexity index is 330. The van der Waals surface area contributed by atoms with Gasteiger partial charge in [-0.1, -0.05) is 16.6 Å². The van der Waals surface area contributed by atoms with Crippen LogP contribution in [0.15, 0.2) is 24.3 Å². The molecule has 0 aliphatic heterocycles. The summed E-state index contributed by atoms with van der Waals surface area (Å²) < 4.78 is 30.3. The van der Waals surface area contributed by atoms with Crippen molar-refractivity contribution in [2.75, 3.05) is 11.7 Å². The number of rotatable bonds is 2. The molecule has 0 saturated carbocycles. The molecule has 0 heterocycles. The van der Waals surface area contributed by atoms with Gasteiger partial charge in [0.25, 0.3) is 0 Å². The second-order valence-corrected chi connectivity index (χ2v) is 2.35. The number of ether oxygens (including phenoxy) is 1. The summed E-state index contributed by atoms with van der Waals surface area (Å²) in [6.45, 7) is 2.98. The normalized spacial score (nSPS) is 9.64. The number of para-hydroxylation sites is 1. The number of hydrogen-bond acceptors (Lipinski definition) is 2. The predicted molar refractivity (Wildman–Crippen MR) is 46.7 cm³/mol. The van der Waals surface area contributed by atoms with Crippen LogP contribution in [0.3, 0.4) is 0 Å². The molecule has 0 saturated heterocycles. The lowest BCUT2D eigenvalue weighted by atomic mass is 10.3. The summed E-state index contributed by atoms with van der Waals surface area (Å²) in [5.41, 5.74) is -0.481. The van der Waals surface area contributed by atoms with Crippen molar-refractivity contribution in [3.63, 3.8) is 0 Å². The third-order valence-corrected chi connectivity index (χ3v) is 1.45. The monoisotopic (exact) mass is 200 g/mol. The van der Waals surface area contributed by atoms with Gasteiger partial charge in [0.05, 0.1) is 6.61 Å². The number of nitrogens with zero attached hydrogens (tertiary/aromatic N) is 1. The van der Waals surface area contributed by atoms with E-state index in [1.807, 2.05) is 0 Å². The lowest BCUT2D eigenvalue weighted by Gasteiger charge is -2.11. The van der Waals surface area contributed by atoms with Gasteiger partial charge in [-0.2, -0.15) is 0 Å². The van der Waals surface area contributed by atoms with Crippen LogP contribution in [-0.4, -0.2) is 12.7 Å². The average Bonchev–Trinajstić information content (AvgIpc) is 2.18. The van der Waals surface area contributed by atoms with E-state index < -0.39 is 22.7 Å². The highest BCUT2D eigenvalue weighted by Gasteiger charge is 2.19. The Hall–Kier alpha value is -1.65. The van der Waals surface area contributed by atoms with Crippen LogP contribution < -0.4 is 5.12 Å². The lowest BCUT2D eigenvalue weighted by molar-refractivity contribution is 0.150. The van der Waals surface area contributed by atoms with Gasteiger partial charge in [-0.15, -0.1) is 5.12 Å². The highest BCUT2D eigenvalue weighted by atomic mass is 19.2. The molecule has 0 N–H and O–H groups in total. The van der Waals surface area contributed by atoms with Gasteiger partial charge in [-0.3, -0.25) is 0 Å². The van der Waals surface area contributed by atoms with Gasteiger partial charge in [-0.05, 0) is 19.1 Å². The molecule has 0 spiro atoms. The molecule has 1 rings (SSSR count). The van der Waals surface area contributed by atoms with E-state index in [1.54, 1.807) is 0 Å². The van der Waals surface area contributed by atoms with Gasteiger partial charge >= 0.3 is 6.09 Å². The first-order valence-electron chi connectivity index (χ1n) is 3.83. The smallest absolute Gasteiger partial charge is 0.443 e. The van der Waals surface area contributed by atoms with Gasteiger partial charge in [0.2, 0.25) is 0 Å². The molecule has 1 amide bonds. The Morgan fingerprint density at radius 3 is 2.71 bits per heavy atom. The summed E-state index contributed by atoms with van der Waals surface area (Å²) in [6, 6.07) is 4.96. The largest absolute Gasteiger partial charge is 0.447 e. The zero-order valence-corrected chi connectivity index (χ0v) is 7.24. The molecular formula is C9H8F2NO2. The fourth-order valence-corrected chi connectivity index (χ4v) is 0.853. The summed E-state index contributed by atoms with van der Waals surface area (Å²) >= 11 is 0. The average molecular weight is 200 g/mol. The van der Waals surface area contributed by atoms with Crippen molar-refractivity contribution in [3.05, 3.63) is 37.0 Å². The van der Waals surface area contributed by atoms with Crippen LogP contribution in [0.5, 0.6) is 0 Å². The van der Waals surface area contributed by atoms with E-state index in [0.29, 0.717) is 0 Å². The molecule has 1 aromatic rings. The van der Waals surface area contributed by atoms with Crippen molar-refractivity contribution in [3.8, 4) is 0 Å². The molecule has 1 aromatic carbocycles. The Balaban J connectivity index is 2.84. The lowest BCUT2D eigenvalue weighted by Crippen LogP contribution is -2.23. The van der Waals surface area contributed by atoms with E-state index in [0.717, 1.165) is 12.1 Å². The number of benzene rings is 1. The molecule has 1 radical (unpaired) electrons. The maximum absolute atomic E-state index is 13.1. The predicted octanol–water partition coefficient (Wildman–Crippen LogP) is 2.49. The summed E-state index contributed by atoms with van der Waals surface area (Å²) in [5.74, 6) is -0.837. The minimum Gasteiger partial charge on any atom is -0.447 e. The molecule has 0 atom stereocenters. The second kappa shape index (κ2) is 4.55. The maximum Gasteiger partial charge on any atom is 0.443 e. The van der Waals surface area contributed by atoms with Gasteiger partial charge in [-0.25, -0.2) is 9.18 Å². The van der Waals surface area contributed by atoms with Gasteiger partial charge in [0.1, 0.15) is 11.5 Å². The second-order valence-electron chi connectivity index (χ2n) is 2.35. The topological polar surface area (TPSA) is 29.5 Å². The van der Waals surface area contributed by atoms with E-state index in [4.69, 9.17) is 0 Å². The molecule has 3 nitrogen and oxygen atoms in total.